The maximum Gasteiger partial charge on any atom is 0.303 e. The van der Waals surface area contributed by atoms with Gasteiger partial charge in [0.1, 0.15) is 6.04 Å². The van der Waals surface area contributed by atoms with Crippen molar-refractivity contribution in [2.75, 3.05) is 6.54 Å². The second-order valence-corrected chi connectivity index (χ2v) is 12.8. The highest BCUT2D eigenvalue weighted by Gasteiger charge is 2.35. The van der Waals surface area contributed by atoms with Crippen LogP contribution in [0.15, 0.2) is 85.1 Å². The summed E-state index contributed by atoms with van der Waals surface area (Å²) in [4.78, 5) is 54.6. The molecule has 0 bridgehead atoms. The van der Waals surface area contributed by atoms with Crippen molar-refractivity contribution in [3.63, 3.8) is 0 Å². The number of rotatable bonds is 19. The van der Waals surface area contributed by atoms with Crippen LogP contribution in [0.4, 0.5) is 0 Å². The van der Waals surface area contributed by atoms with Crippen molar-refractivity contribution in [1.29, 1.82) is 0 Å². The molecule has 0 spiro atoms. The lowest BCUT2D eigenvalue weighted by atomic mass is 9.89. The van der Waals surface area contributed by atoms with Gasteiger partial charge in [-0.25, -0.2) is 0 Å². The first kappa shape index (κ1) is 36.9. The van der Waals surface area contributed by atoms with E-state index in [4.69, 9.17) is 5.73 Å². The Labute approximate surface area is 289 Å². The highest BCUT2D eigenvalue weighted by Crippen LogP contribution is 2.27. The fourth-order valence-electron chi connectivity index (χ4n) is 6.47. The topological polar surface area (TPSA) is 135 Å². The zero-order valence-electron chi connectivity index (χ0n) is 28.9. The Kier molecular flexibility index (Phi) is 13.6. The average Bonchev–Trinajstić information content (AvgIpc) is 3.46. The minimum Gasteiger partial charge on any atom is -0.481 e. The number of aliphatic carboxylic acids is 1. The average molecular weight is 667 g/mol. The number of carboxylic acids is 1. The molecule has 0 radical (unpaired) electrons. The third kappa shape index (κ3) is 9.81. The van der Waals surface area contributed by atoms with E-state index in [1.54, 1.807) is 11.1 Å². The summed E-state index contributed by atoms with van der Waals surface area (Å²) >= 11 is 0. The Balaban J connectivity index is 1.65. The van der Waals surface area contributed by atoms with E-state index in [9.17, 15) is 24.3 Å². The number of fused-ring (bicyclic) bond motifs is 1. The molecule has 1 heterocycles. The number of nitrogens with one attached hydrogen (secondary N) is 1. The lowest BCUT2D eigenvalue weighted by Crippen LogP contribution is -2.54. The van der Waals surface area contributed by atoms with Crippen LogP contribution in [0.3, 0.4) is 0 Å². The van der Waals surface area contributed by atoms with Gasteiger partial charge in [-0.05, 0) is 61.8 Å². The molecule has 9 nitrogen and oxygen atoms in total. The van der Waals surface area contributed by atoms with Crippen LogP contribution >= 0.6 is 0 Å². The quantitative estimate of drug-likeness (QED) is 0.103. The van der Waals surface area contributed by atoms with Crippen LogP contribution in [-0.2, 0) is 27.3 Å². The number of primary amides is 1. The summed E-state index contributed by atoms with van der Waals surface area (Å²) in [6.07, 6.45) is 6.55. The number of para-hydroxylation sites is 1. The molecule has 260 valence electrons. The molecule has 0 fully saturated rings. The number of carboxylic acid groups (broad SMARTS) is 1. The molecule has 0 saturated carbocycles. The number of benzene rings is 3. The number of amides is 3. The number of unbranched alkanes of at least 4 members (excludes halogenated alkanes) is 2. The number of carbonyl (C=O) groups excluding carboxylic acids is 3. The zero-order chi connectivity index (χ0) is 35.3. The summed E-state index contributed by atoms with van der Waals surface area (Å²) in [7, 11) is 0. The van der Waals surface area contributed by atoms with Crippen molar-refractivity contribution >= 4 is 34.6 Å². The van der Waals surface area contributed by atoms with Crippen molar-refractivity contribution < 1.29 is 24.3 Å². The fourth-order valence-corrected chi connectivity index (χ4v) is 6.47. The first-order valence-corrected chi connectivity index (χ1v) is 17.5. The molecule has 4 rings (SSSR count). The molecule has 1 aromatic heterocycles. The molecule has 4 N–H and O–H groups in total. The van der Waals surface area contributed by atoms with Crippen LogP contribution < -0.4 is 11.1 Å². The lowest BCUT2D eigenvalue weighted by molar-refractivity contribution is -0.139. The van der Waals surface area contributed by atoms with Crippen LogP contribution in [0.1, 0.15) is 98.7 Å². The van der Waals surface area contributed by atoms with Gasteiger partial charge in [0, 0.05) is 42.7 Å². The van der Waals surface area contributed by atoms with E-state index in [0.717, 1.165) is 47.7 Å². The summed E-state index contributed by atoms with van der Waals surface area (Å²) < 4.78 is 2.02. The number of hydrogen-bond donors (Lipinski definition) is 3. The number of carbonyl (C=O) groups is 4. The van der Waals surface area contributed by atoms with Crippen LogP contribution in [0.5, 0.6) is 0 Å². The van der Waals surface area contributed by atoms with E-state index in [1.165, 1.54) is 5.56 Å². The smallest absolute Gasteiger partial charge is 0.303 e. The molecule has 49 heavy (non-hydrogen) atoms. The molecular weight excluding hydrogens is 616 g/mol. The van der Waals surface area contributed by atoms with Gasteiger partial charge in [-0.15, -0.1) is 0 Å². The highest BCUT2D eigenvalue weighted by molar-refractivity contribution is 6.08. The maximum atomic E-state index is 14.5. The summed E-state index contributed by atoms with van der Waals surface area (Å²) in [6, 6.07) is 23.8. The predicted octanol–water partition coefficient (Wildman–Crippen LogP) is 6.67. The van der Waals surface area contributed by atoms with Gasteiger partial charge in [-0.3, -0.25) is 19.2 Å². The molecule has 1 unspecified atom stereocenters. The van der Waals surface area contributed by atoms with Crippen LogP contribution in [-0.4, -0.2) is 56.9 Å². The van der Waals surface area contributed by atoms with E-state index in [-0.39, 0.29) is 25.2 Å². The van der Waals surface area contributed by atoms with Crippen LogP contribution in [0.2, 0.25) is 0 Å². The Morgan fingerprint density at radius 3 is 2.18 bits per heavy atom. The van der Waals surface area contributed by atoms with Crippen molar-refractivity contribution in [3.8, 4) is 0 Å². The Bertz CT molecular complexity index is 1700. The number of aromatic nitrogens is 1. The SMILES string of the molecule is CCCCc1ccc(C(C(N)=O)[C@H](C)N(CCCC)C(=O)[C@H](CCCC(=O)O)NC(=O)c2cn(Cc3ccccc3)c3ccccc23)cc1. The highest BCUT2D eigenvalue weighted by atomic mass is 16.4. The molecule has 3 atom stereocenters. The van der Waals surface area contributed by atoms with Gasteiger partial charge in [0.15, 0.2) is 0 Å². The molecule has 3 aromatic carbocycles. The first-order valence-electron chi connectivity index (χ1n) is 17.5. The second kappa shape index (κ2) is 18.0. The van der Waals surface area contributed by atoms with Crippen LogP contribution in [0.25, 0.3) is 10.9 Å². The summed E-state index contributed by atoms with van der Waals surface area (Å²) in [5.41, 5.74) is 10.3. The predicted molar refractivity (Wildman–Crippen MR) is 193 cm³/mol. The van der Waals surface area contributed by atoms with Crippen molar-refractivity contribution in [1.82, 2.24) is 14.8 Å². The molecule has 3 amide bonds. The van der Waals surface area contributed by atoms with Crippen molar-refractivity contribution in [3.05, 3.63) is 107 Å². The number of hydrogen-bond acceptors (Lipinski definition) is 4. The Hall–Kier alpha value is -4.92. The van der Waals surface area contributed by atoms with E-state index in [0.29, 0.717) is 25.1 Å². The van der Waals surface area contributed by atoms with Gasteiger partial charge in [-0.2, -0.15) is 0 Å². The Morgan fingerprint density at radius 2 is 1.53 bits per heavy atom. The third-order valence-corrected chi connectivity index (χ3v) is 9.19. The molecule has 0 aliphatic rings. The molecule has 0 aliphatic carbocycles. The van der Waals surface area contributed by atoms with Gasteiger partial charge in [0.2, 0.25) is 11.8 Å². The van der Waals surface area contributed by atoms with Crippen molar-refractivity contribution in [2.45, 2.75) is 96.7 Å². The summed E-state index contributed by atoms with van der Waals surface area (Å²) in [6.45, 7) is 6.90. The van der Waals surface area contributed by atoms with E-state index in [2.05, 4.69) is 12.2 Å². The number of nitrogens with zero attached hydrogens (tertiary/aromatic N) is 2. The maximum absolute atomic E-state index is 14.5. The van der Waals surface area contributed by atoms with E-state index < -0.39 is 35.8 Å². The summed E-state index contributed by atoms with van der Waals surface area (Å²) in [5, 5.41) is 13.1. The standard InChI is InChI=1S/C40H50N4O5/c1-4-6-14-29-21-23-31(24-22-29)37(38(41)47)28(3)44(25-7-5-2)40(49)34(18-13-20-36(45)46)42-39(48)33-27-43(26-30-15-9-8-10-16-30)35-19-12-11-17-32(33)35/h8-12,15-17,19,21-24,27-28,34,37H,4-7,13-14,18,20,25-26H2,1-3H3,(H2,41,47)(H,42,48)(H,45,46)/t28-,34-,37?/m0/s1. The second-order valence-electron chi connectivity index (χ2n) is 12.8. The Morgan fingerprint density at radius 1 is 0.857 bits per heavy atom. The fraction of sp³-hybridized carbons (Fsp3) is 0.400. The number of nitrogens with two attached hydrogens (primary N) is 1. The molecule has 9 heteroatoms. The minimum absolute atomic E-state index is 0.127. The lowest BCUT2D eigenvalue weighted by Gasteiger charge is -2.36. The third-order valence-electron chi connectivity index (χ3n) is 9.19. The first-order chi connectivity index (χ1) is 23.6. The molecule has 0 saturated heterocycles. The zero-order valence-corrected chi connectivity index (χ0v) is 28.9. The van der Waals surface area contributed by atoms with Gasteiger partial charge in [0.25, 0.3) is 5.91 Å². The largest absolute Gasteiger partial charge is 0.481 e. The van der Waals surface area contributed by atoms with Crippen molar-refractivity contribution in [2.24, 2.45) is 5.73 Å². The summed E-state index contributed by atoms with van der Waals surface area (Å²) in [5.74, 6) is -3.07. The van der Waals surface area contributed by atoms with E-state index in [1.807, 2.05) is 97.3 Å². The van der Waals surface area contributed by atoms with Gasteiger partial charge in [0.05, 0.1) is 11.5 Å². The van der Waals surface area contributed by atoms with Gasteiger partial charge >= 0.3 is 5.97 Å². The number of aryl methyl sites for hydroxylation is 1. The van der Waals surface area contributed by atoms with Gasteiger partial charge in [-0.1, -0.05) is 99.5 Å². The monoisotopic (exact) mass is 666 g/mol. The molecular formula is C40H50N4O5. The molecule has 4 aromatic rings. The van der Waals surface area contributed by atoms with Crippen LogP contribution in [0, 0.1) is 0 Å². The normalized spacial score (nSPS) is 13.0. The van der Waals surface area contributed by atoms with E-state index >= 15 is 0 Å². The minimum atomic E-state index is -1.01. The molecule has 0 aliphatic heterocycles. The van der Waals surface area contributed by atoms with Gasteiger partial charge < -0.3 is 25.6 Å².